The molecule has 0 N–H and O–H groups in total. The molecule has 2 heterocycles. The van der Waals surface area contributed by atoms with Crippen LogP contribution in [0.3, 0.4) is 0 Å². The van der Waals surface area contributed by atoms with E-state index < -0.39 is 0 Å². The molecule has 0 aromatic heterocycles. The number of likely N-dealkylation sites (tertiary alicyclic amines) is 1. The fraction of sp³-hybridized carbons (Fsp3) is 1.00. The van der Waals surface area contributed by atoms with Gasteiger partial charge < -0.3 is 4.90 Å². The first-order valence-corrected chi connectivity index (χ1v) is 10.7. The molecule has 0 spiro atoms. The van der Waals surface area contributed by atoms with Gasteiger partial charge in [0.2, 0.25) is 0 Å². The summed E-state index contributed by atoms with van der Waals surface area (Å²) in [6.07, 6.45) is 5.72. The van der Waals surface area contributed by atoms with Gasteiger partial charge in [-0.25, -0.2) is 0 Å². The minimum atomic E-state index is 0.771. The topological polar surface area (TPSA) is 9.72 Å². The van der Waals surface area contributed by atoms with Gasteiger partial charge in [-0.15, -0.1) is 0 Å². The van der Waals surface area contributed by atoms with Crippen LogP contribution in [-0.4, -0.2) is 72.1 Å². The molecule has 0 radical (unpaired) electrons. The van der Waals surface area contributed by atoms with Crippen LogP contribution in [0.5, 0.6) is 0 Å². The summed E-state index contributed by atoms with van der Waals surface area (Å²) in [5.74, 6) is 2.80. The fourth-order valence-electron chi connectivity index (χ4n) is 5.69. The highest BCUT2D eigenvalue weighted by molar-refractivity contribution is 4.91. The van der Waals surface area contributed by atoms with Gasteiger partial charge in [0.15, 0.2) is 0 Å². The Morgan fingerprint density at radius 1 is 0.875 bits per heavy atom. The molecule has 24 heavy (non-hydrogen) atoms. The van der Waals surface area contributed by atoms with Crippen molar-refractivity contribution in [2.45, 2.75) is 78.4 Å². The minimum Gasteiger partial charge on any atom is -0.301 e. The highest BCUT2D eigenvalue weighted by Crippen LogP contribution is 2.37. The van der Waals surface area contributed by atoms with Crippen LogP contribution in [0.2, 0.25) is 0 Å². The second-order valence-corrected chi connectivity index (χ2v) is 9.33. The van der Waals surface area contributed by atoms with Crippen LogP contribution in [0.25, 0.3) is 0 Å². The predicted molar refractivity (Wildman–Crippen MR) is 103 cm³/mol. The van der Waals surface area contributed by atoms with E-state index in [9.17, 15) is 0 Å². The lowest BCUT2D eigenvalue weighted by atomic mass is 9.73. The van der Waals surface area contributed by atoms with Gasteiger partial charge in [-0.1, -0.05) is 20.8 Å². The van der Waals surface area contributed by atoms with Gasteiger partial charge in [-0.2, -0.15) is 0 Å². The van der Waals surface area contributed by atoms with Crippen molar-refractivity contribution in [3.63, 3.8) is 0 Å². The number of hydrogen-bond acceptors (Lipinski definition) is 3. The number of piperidine rings is 1. The molecule has 1 saturated carbocycles. The highest BCUT2D eigenvalue weighted by atomic mass is 15.3. The SMILES string of the molecule is CCN1C(C)CC(CN2CCN(C3CC(C(C)C)C3)CC2)CC1C. The Labute approximate surface area is 150 Å². The van der Waals surface area contributed by atoms with E-state index in [0.29, 0.717) is 0 Å². The van der Waals surface area contributed by atoms with E-state index in [1.54, 1.807) is 0 Å². The van der Waals surface area contributed by atoms with Gasteiger partial charge in [0, 0.05) is 50.8 Å². The van der Waals surface area contributed by atoms with E-state index in [1.807, 2.05) is 0 Å². The molecular formula is C21H41N3. The summed E-state index contributed by atoms with van der Waals surface area (Å²) in [5.41, 5.74) is 0. The molecule has 3 aliphatic rings. The van der Waals surface area contributed by atoms with Crippen molar-refractivity contribution in [3.8, 4) is 0 Å². The smallest absolute Gasteiger partial charge is 0.0113 e. The van der Waals surface area contributed by atoms with Crippen LogP contribution in [0.15, 0.2) is 0 Å². The zero-order chi connectivity index (χ0) is 17.3. The first-order valence-electron chi connectivity index (χ1n) is 10.7. The largest absolute Gasteiger partial charge is 0.301 e. The molecule has 3 nitrogen and oxygen atoms in total. The van der Waals surface area contributed by atoms with Crippen LogP contribution in [-0.2, 0) is 0 Å². The Morgan fingerprint density at radius 3 is 1.96 bits per heavy atom. The normalized spacial score (nSPS) is 40.0. The lowest BCUT2D eigenvalue weighted by Gasteiger charge is -2.49. The molecule has 3 fully saturated rings. The van der Waals surface area contributed by atoms with Gasteiger partial charge in [-0.05, 0) is 63.8 Å². The van der Waals surface area contributed by atoms with Crippen molar-refractivity contribution in [2.75, 3.05) is 39.3 Å². The van der Waals surface area contributed by atoms with Gasteiger partial charge in [0.1, 0.15) is 0 Å². The molecule has 3 heteroatoms. The third-order valence-corrected chi connectivity index (χ3v) is 7.38. The molecule has 2 aliphatic heterocycles. The van der Waals surface area contributed by atoms with Gasteiger partial charge in [0.25, 0.3) is 0 Å². The lowest BCUT2D eigenvalue weighted by molar-refractivity contribution is 0.00637. The maximum atomic E-state index is 2.79. The number of hydrogen-bond donors (Lipinski definition) is 0. The molecule has 0 aromatic rings. The molecule has 3 rings (SSSR count). The van der Waals surface area contributed by atoms with Crippen molar-refractivity contribution >= 4 is 0 Å². The number of nitrogens with zero attached hydrogens (tertiary/aromatic N) is 3. The van der Waals surface area contributed by atoms with E-state index in [2.05, 4.69) is 49.3 Å². The lowest BCUT2D eigenvalue weighted by Crippen LogP contribution is -2.56. The highest BCUT2D eigenvalue weighted by Gasteiger charge is 2.37. The van der Waals surface area contributed by atoms with E-state index in [1.165, 1.54) is 65.0 Å². The van der Waals surface area contributed by atoms with Crippen LogP contribution < -0.4 is 0 Å². The molecule has 1 aliphatic carbocycles. The van der Waals surface area contributed by atoms with Crippen molar-refractivity contribution in [2.24, 2.45) is 17.8 Å². The molecular weight excluding hydrogens is 294 g/mol. The van der Waals surface area contributed by atoms with Crippen LogP contribution in [0.1, 0.15) is 60.3 Å². The van der Waals surface area contributed by atoms with E-state index in [-0.39, 0.29) is 0 Å². The van der Waals surface area contributed by atoms with Crippen LogP contribution in [0.4, 0.5) is 0 Å². The molecule has 0 bridgehead atoms. The molecule has 2 saturated heterocycles. The van der Waals surface area contributed by atoms with Crippen molar-refractivity contribution in [1.29, 1.82) is 0 Å². The third kappa shape index (κ3) is 4.16. The summed E-state index contributed by atoms with van der Waals surface area (Å²) in [7, 11) is 0. The van der Waals surface area contributed by atoms with E-state index in [4.69, 9.17) is 0 Å². The predicted octanol–water partition coefficient (Wildman–Crippen LogP) is 3.55. The Kier molecular flexibility index (Phi) is 6.26. The summed E-state index contributed by atoms with van der Waals surface area (Å²) >= 11 is 0. The number of piperazine rings is 1. The number of rotatable bonds is 5. The minimum absolute atomic E-state index is 0.771. The van der Waals surface area contributed by atoms with Crippen molar-refractivity contribution in [3.05, 3.63) is 0 Å². The Balaban J connectivity index is 1.39. The van der Waals surface area contributed by atoms with Crippen LogP contribution >= 0.6 is 0 Å². The Bertz CT molecular complexity index is 371. The van der Waals surface area contributed by atoms with Gasteiger partial charge >= 0.3 is 0 Å². The summed E-state index contributed by atoms with van der Waals surface area (Å²) in [4.78, 5) is 8.25. The van der Waals surface area contributed by atoms with Crippen molar-refractivity contribution in [1.82, 2.24) is 14.7 Å². The first kappa shape index (κ1) is 18.7. The van der Waals surface area contributed by atoms with Crippen LogP contribution in [0, 0.1) is 17.8 Å². The second kappa shape index (κ2) is 8.05. The monoisotopic (exact) mass is 335 g/mol. The third-order valence-electron chi connectivity index (χ3n) is 7.38. The average molecular weight is 336 g/mol. The van der Waals surface area contributed by atoms with Gasteiger partial charge in [0.05, 0.1) is 0 Å². The second-order valence-electron chi connectivity index (χ2n) is 9.33. The summed E-state index contributed by atoms with van der Waals surface area (Å²) in [6.45, 7) is 19.8. The average Bonchev–Trinajstić information content (AvgIpc) is 2.47. The van der Waals surface area contributed by atoms with Gasteiger partial charge in [-0.3, -0.25) is 9.80 Å². The molecule has 140 valence electrons. The first-order chi connectivity index (χ1) is 11.5. The van der Waals surface area contributed by atoms with E-state index >= 15 is 0 Å². The molecule has 0 aromatic carbocycles. The molecule has 2 unspecified atom stereocenters. The zero-order valence-electron chi connectivity index (χ0n) is 16.9. The molecule has 0 amide bonds. The fourth-order valence-corrected chi connectivity index (χ4v) is 5.69. The molecule has 2 atom stereocenters. The Morgan fingerprint density at radius 2 is 1.46 bits per heavy atom. The summed E-state index contributed by atoms with van der Waals surface area (Å²) in [5, 5.41) is 0. The summed E-state index contributed by atoms with van der Waals surface area (Å²) in [6, 6.07) is 2.45. The Hall–Kier alpha value is -0.120. The maximum absolute atomic E-state index is 2.79. The maximum Gasteiger partial charge on any atom is 0.0113 e. The summed E-state index contributed by atoms with van der Waals surface area (Å²) < 4.78 is 0. The van der Waals surface area contributed by atoms with E-state index in [0.717, 1.165) is 35.9 Å². The van der Waals surface area contributed by atoms with Crippen molar-refractivity contribution < 1.29 is 0 Å². The quantitative estimate of drug-likeness (QED) is 0.761. The zero-order valence-corrected chi connectivity index (χ0v) is 16.9. The standard InChI is InChI=1S/C21H41N3/c1-6-24-17(4)11-19(12-18(24)5)15-22-7-9-23(10-8-22)21-13-20(14-21)16(2)3/h16-21H,6-15H2,1-5H3.